The number of aromatic amines is 1. The molecule has 0 saturated carbocycles. The highest BCUT2D eigenvalue weighted by atomic mass is 16.5. The van der Waals surface area contributed by atoms with Gasteiger partial charge in [0.1, 0.15) is 11.6 Å². The van der Waals surface area contributed by atoms with Crippen molar-refractivity contribution in [2.75, 3.05) is 12.8 Å². The predicted octanol–water partition coefficient (Wildman–Crippen LogP) is 2.79. The molecular weight excluding hydrogens is 214 g/mol. The summed E-state index contributed by atoms with van der Waals surface area (Å²) < 4.78 is 5.35. The van der Waals surface area contributed by atoms with Crippen LogP contribution in [-0.2, 0) is 0 Å². The quantitative estimate of drug-likeness (QED) is 0.853. The van der Waals surface area contributed by atoms with E-state index in [1.807, 2.05) is 12.1 Å². The van der Waals surface area contributed by atoms with Gasteiger partial charge in [0.05, 0.1) is 19.1 Å². The molecule has 0 bridgehead atoms. The Bertz CT molecular complexity index is 517. The zero-order valence-corrected chi connectivity index (χ0v) is 10.3. The standard InChI is InChI=1S/C13H17N3O/c1-8(2)10-6-9(4-5-11(10)17-3)12-13(14)16-7-15-12/h4-8H,14H2,1-3H3,(H,15,16). The van der Waals surface area contributed by atoms with E-state index in [1.54, 1.807) is 13.4 Å². The number of hydrogen-bond donors (Lipinski definition) is 2. The number of nitrogens with two attached hydrogens (primary N) is 1. The van der Waals surface area contributed by atoms with E-state index in [0.717, 1.165) is 17.0 Å². The minimum Gasteiger partial charge on any atom is -0.496 e. The fourth-order valence-corrected chi connectivity index (χ4v) is 1.88. The highest BCUT2D eigenvalue weighted by Gasteiger charge is 2.11. The van der Waals surface area contributed by atoms with Crippen LogP contribution >= 0.6 is 0 Å². The van der Waals surface area contributed by atoms with Crippen molar-refractivity contribution in [2.45, 2.75) is 19.8 Å². The van der Waals surface area contributed by atoms with Crippen LogP contribution in [0.15, 0.2) is 24.5 Å². The molecular formula is C13H17N3O. The Morgan fingerprint density at radius 2 is 2.12 bits per heavy atom. The van der Waals surface area contributed by atoms with Crippen LogP contribution in [0.25, 0.3) is 11.3 Å². The summed E-state index contributed by atoms with van der Waals surface area (Å²) in [6.45, 7) is 4.27. The molecule has 4 nitrogen and oxygen atoms in total. The lowest BCUT2D eigenvalue weighted by molar-refractivity contribution is 0.407. The topological polar surface area (TPSA) is 63.9 Å². The summed E-state index contributed by atoms with van der Waals surface area (Å²) in [5.41, 5.74) is 8.85. The number of benzene rings is 1. The van der Waals surface area contributed by atoms with Gasteiger partial charge in [0.25, 0.3) is 0 Å². The number of aromatic nitrogens is 2. The average molecular weight is 231 g/mol. The summed E-state index contributed by atoms with van der Waals surface area (Å²) in [5.74, 6) is 1.82. The molecule has 0 spiro atoms. The largest absolute Gasteiger partial charge is 0.496 e. The summed E-state index contributed by atoms with van der Waals surface area (Å²) in [5, 5.41) is 0. The zero-order chi connectivity index (χ0) is 12.4. The number of anilines is 1. The van der Waals surface area contributed by atoms with Gasteiger partial charge < -0.3 is 15.5 Å². The Kier molecular flexibility index (Phi) is 3.04. The van der Waals surface area contributed by atoms with Crippen molar-refractivity contribution in [3.8, 4) is 17.0 Å². The molecule has 0 amide bonds. The average Bonchev–Trinajstić information content (AvgIpc) is 2.74. The van der Waals surface area contributed by atoms with Gasteiger partial charge in [-0.25, -0.2) is 4.98 Å². The summed E-state index contributed by atoms with van der Waals surface area (Å²) in [7, 11) is 1.69. The molecule has 1 heterocycles. The normalized spacial score (nSPS) is 10.8. The first kappa shape index (κ1) is 11.5. The third kappa shape index (κ3) is 2.11. The number of nitrogen functional groups attached to an aromatic ring is 1. The van der Waals surface area contributed by atoms with Gasteiger partial charge in [-0.1, -0.05) is 13.8 Å². The lowest BCUT2D eigenvalue weighted by Crippen LogP contribution is -1.96. The smallest absolute Gasteiger partial charge is 0.149 e. The molecule has 2 aromatic rings. The number of imidazole rings is 1. The van der Waals surface area contributed by atoms with Crippen molar-refractivity contribution in [3.05, 3.63) is 30.1 Å². The van der Waals surface area contributed by atoms with Crippen LogP contribution < -0.4 is 10.5 Å². The second-order valence-electron chi connectivity index (χ2n) is 4.27. The fraction of sp³-hybridized carbons (Fsp3) is 0.308. The SMILES string of the molecule is COc1ccc(-c2[nH]cnc2N)cc1C(C)C. The molecule has 1 aromatic heterocycles. The van der Waals surface area contributed by atoms with Crippen LogP contribution in [0.3, 0.4) is 0 Å². The molecule has 1 aromatic carbocycles. The van der Waals surface area contributed by atoms with Crippen molar-refractivity contribution >= 4 is 5.82 Å². The number of H-pyrrole nitrogens is 1. The maximum atomic E-state index is 5.80. The van der Waals surface area contributed by atoms with Gasteiger partial charge in [-0.05, 0) is 29.7 Å². The number of nitrogens with one attached hydrogen (secondary N) is 1. The molecule has 0 unspecified atom stereocenters. The first-order valence-corrected chi connectivity index (χ1v) is 5.60. The van der Waals surface area contributed by atoms with E-state index in [-0.39, 0.29) is 0 Å². The number of rotatable bonds is 3. The molecule has 2 rings (SSSR count). The van der Waals surface area contributed by atoms with Gasteiger partial charge in [-0.15, -0.1) is 0 Å². The van der Waals surface area contributed by atoms with Crippen LogP contribution in [0.5, 0.6) is 5.75 Å². The second-order valence-corrected chi connectivity index (χ2v) is 4.27. The van der Waals surface area contributed by atoms with E-state index in [0.29, 0.717) is 11.7 Å². The second kappa shape index (κ2) is 4.49. The van der Waals surface area contributed by atoms with E-state index in [1.165, 1.54) is 5.56 Å². The van der Waals surface area contributed by atoms with Gasteiger partial charge in [0, 0.05) is 5.56 Å². The van der Waals surface area contributed by atoms with E-state index in [2.05, 4.69) is 29.9 Å². The number of nitrogens with zero attached hydrogens (tertiary/aromatic N) is 1. The van der Waals surface area contributed by atoms with Gasteiger partial charge in [0.15, 0.2) is 0 Å². The molecule has 0 saturated heterocycles. The lowest BCUT2D eigenvalue weighted by atomic mass is 9.98. The Balaban J connectivity index is 2.51. The summed E-state index contributed by atoms with van der Waals surface area (Å²) in [6, 6.07) is 6.03. The molecule has 17 heavy (non-hydrogen) atoms. The lowest BCUT2D eigenvalue weighted by Gasteiger charge is -2.13. The van der Waals surface area contributed by atoms with E-state index < -0.39 is 0 Å². The Morgan fingerprint density at radius 1 is 1.35 bits per heavy atom. The maximum absolute atomic E-state index is 5.80. The first-order chi connectivity index (χ1) is 8.13. The molecule has 90 valence electrons. The highest BCUT2D eigenvalue weighted by molar-refractivity contribution is 5.71. The number of hydrogen-bond acceptors (Lipinski definition) is 3. The molecule has 0 aliphatic rings. The summed E-state index contributed by atoms with van der Waals surface area (Å²) in [6.07, 6.45) is 1.60. The molecule has 3 N–H and O–H groups in total. The van der Waals surface area contributed by atoms with Gasteiger partial charge in [-0.2, -0.15) is 0 Å². The molecule has 0 aliphatic carbocycles. The van der Waals surface area contributed by atoms with Gasteiger partial charge in [-0.3, -0.25) is 0 Å². The van der Waals surface area contributed by atoms with Crippen LogP contribution in [0.2, 0.25) is 0 Å². The Labute approximate surface area is 101 Å². The third-order valence-corrected chi connectivity index (χ3v) is 2.81. The van der Waals surface area contributed by atoms with Crippen LogP contribution in [0.1, 0.15) is 25.3 Å². The van der Waals surface area contributed by atoms with E-state index >= 15 is 0 Å². The van der Waals surface area contributed by atoms with Crippen LogP contribution in [-0.4, -0.2) is 17.1 Å². The van der Waals surface area contributed by atoms with Crippen LogP contribution in [0, 0.1) is 0 Å². The number of methoxy groups -OCH3 is 1. The summed E-state index contributed by atoms with van der Waals surface area (Å²) >= 11 is 0. The molecule has 0 radical (unpaired) electrons. The summed E-state index contributed by atoms with van der Waals surface area (Å²) in [4.78, 5) is 7.05. The minimum atomic E-state index is 0.397. The van der Waals surface area contributed by atoms with Crippen molar-refractivity contribution in [1.82, 2.24) is 9.97 Å². The predicted molar refractivity (Wildman–Crippen MR) is 69.1 cm³/mol. The van der Waals surface area contributed by atoms with Gasteiger partial charge in [0.2, 0.25) is 0 Å². The van der Waals surface area contributed by atoms with Crippen molar-refractivity contribution in [1.29, 1.82) is 0 Å². The van der Waals surface area contributed by atoms with Crippen LogP contribution in [0.4, 0.5) is 5.82 Å². The third-order valence-electron chi connectivity index (χ3n) is 2.81. The maximum Gasteiger partial charge on any atom is 0.149 e. The monoisotopic (exact) mass is 231 g/mol. The van der Waals surface area contributed by atoms with Crippen molar-refractivity contribution < 1.29 is 4.74 Å². The Morgan fingerprint density at radius 3 is 2.65 bits per heavy atom. The van der Waals surface area contributed by atoms with Crippen molar-refractivity contribution in [3.63, 3.8) is 0 Å². The molecule has 0 aliphatic heterocycles. The fourth-order valence-electron chi connectivity index (χ4n) is 1.88. The van der Waals surface area contributed by atoms with E-state index in [9.17, 15) is 0 Å². The molecule has 0 fully saturated rings. The Hall–Kier alpha value is -1.97. The zero-order valence-electron chi connectivity index (χ0n) is 10.3. The van der Waals surface area contributed by atoms with Gasteiger partial charge >= 0.3 is 0 Å². The highest BCUT2D eigenvalue weighted by Crippen LogP contribution is 2.32. The first-order valence-electron chi connectivity index (χ1n) is 5.60. The molecule has 4 heteroatoms. The van der Waals surface area contributed by atoms with E-state index in [4.69, 9.17) is 10.5 Å². The van der Waals surface area contributed by atoms with Crippen molar-refractivity contribution in [2.24, 2.45) is 0 Å². The minimum absolute atomic E-state index is 0.397. The number of ether oxygens (including phenoxy) is 1. The molecule has 0 atom stereocenters.